The van der Waals surface area contributed by atoms with Gasteiger partial charge in [-0.05, 0) is 18.8 Å². The first kappa shape index (κ1) is 14.4. The third-order valence-corrected chi connectivity index (χ3v) is 3.35. The first-order chi connectivity index (χ1) is 9.41. The molecule has 2 heterocycles. The monoisotopic (exact) mass is 279 g/mol. The fraction of sp³-hybridized carbons (Fsp3) is 0.615. The minimum absolute atomic E-state index is 0.348. The van der Waals surface area contributed by atoms with Crippen molar-refractivity contribution < 1.29 is 0 Å². The van der Waals surface area contributed by atoms with E-state index < -0.39 is 0 Å². The maximum absolute atomic E-state index is 12.0. The van der Waals surface area contributed by atoms with Crippen molar-refractivity contribution >= 4 is 17.1 Å². The molecule has 2 aromatic rings. The Balaban J connectivity index is 2.26. The summed E-state index contributed by atoms with van der Waals surface area (Å²) in [5.74, 6) is 1.20. The highest BCUT2D eigenvalue weighted by atomic mass is 16.2. The molecule has 0 saturated heterocycles. The van der Waals surface area contributed by atoms with E-state index in [0.29, 0.717) is 23.0 Å². The molecule has 20 heavy (non-hydrogen) atoms. The molecule has 7 heteroatoms. The average Bonchev–Trinajstić information content (AvgIpc) is 2.83. The van der Waals surface area contributed by atoms with Gasteiger partial charge in [-0.2, -0.15) is 4.98 Å². The minimum atomic E-state index is -0.375. The number of hydrogen-bond acceptors (Lipinski definition) is 4. The summed E-state index contributed by atoms with van der Waals surface area (Å²) < 4.78 is 2.44. The molecule has 7 nitrogen and oxygen atoms in total. The molecular weight excluding hydrogens is 258 g/mol. The molecule has 0 saturated carbocycles. The Kier molecular flexibility index (Phi) is 3.96. The summed E-state index contributed by atoms with van der Waals surface area (Å²) in [6.45, 7) is 5.15. The second-order valence-electron chi connectivity index (χ2n) is 5.45. The molecule has 2 aromatic heterocycles. The van der Waals surface area contributed by atoms with Gasteiger partial charge in [-0.3, -0.25) is 13.9 Å². The Morgan fingerprint density at radius 1 is 1.25 bits per heavy atom. The Labute approximate surface area is 116 Å². The van der Waals surface area contributed by atoms with Gasteiger partial charge in [0.25, 0.3) is 5.56 Å². The highest BCUT2D eigenvalue weighted by Crippen LogP contribution is 2.09. The van der Waals surface area contributed by atoms with Gasteiger partial charge in [0.2, 0.25) is 5.95 Å². The highest BCUT2D eigenvalue weighted by Gasteiger charge is 2.12. The number of nitrogens with zero attached hydrogens (tertiary/aromatic N) is 3. The van der Waals surface area contributed by atoms with Gasteiger partial charge in [0.15, 0.2) is 11.2 Å². The average molecular weight is 279 g/mol. The number of rotatable bonds is 5. The van der Waals surface area contributed by atoms with Gasteiger partial charge in [0.05, 0.1) is 0 Å². The summed E-state index contributed by atoms with van der Waals surface area (Å²) >= 11 is 0. The van der Waals surface area contributed by atoms with Crippen molar-refractivity contribution in [3.05, 3.63) is 20.8 Å². The number of hydrogen-bond donors (Lipinski definition) is 2. The van der Waals surface area contributed by atoms with E-state index in [-0.39, 0.29) is 11.2 Å². The predicted molar refractivity (Wildman–Crippen MR) is 79.1 cm³/mol. The molecule has 0 radical (unpaired) electrons. The number of aromatic amines is 1. The molecule has 2 N–H and O–H groups in total. The summed E-state index contributed by atoms with van der Waals surface area (Å²) in [7, 11) is 3.06. The van der Waals surface area contributed by atoms with Crippen molar-refractivity contribution in [2.45, 2.75) is 26.7 Å². The summed E-state index contributed by atoms with van der Waals surface area (Å²) in [4.78, 5) is 31.0. The Hall–Kier alpha value is -2.05. The molecule has 0 unspecified atom stereocenters. The quantitative estimate of drug-likeness (QED) is 0.793. The van der Waals surface area contributed by atoms with Crippen LogP contribution in [0.4, 0.5) is 5.95 Å². The van der Waals surface area contributed by atoms with Gasteiger partial charge in [-0.15, -0.1) is 0 Å². The van der Waals surface area contributed by atoms with Gasteiger partial charge >= 0.3 is 5.69 Å². The molecule has 110 valence electrons. The number of imidazole rings is 1. The van der Waals surface area contributed by atoms with Crippen molar-refractivity contribution in [2.75, 3.05) is 11.9 Å². The van der Waals surface area contributed by atoms with Crippen LogP contribution in [0.2, 0.25) is 0 Å². The lowest BCUT2D eigenvalue weighted by molar-refractivity contribution is 0.566. The van der Waals surface area contributed by atoms with Gasteiger partial charge < -0.3 is 10.3 Å². The van der Waals surface area contributed by atoms with Crippen LogP contribution in [-0.4, -0.2) is 25.6 Å². The number of fused-ring (bicyclic) bond motifs is 1. The maximum Gasteiger partial charge on any atom is 0.332 e. The fourth-order valence-electron chi connectivity index (χ4n) is 2.13. The Morgan fingerprint density at radius 2 is 1.95 bits per heavy atom. The maximum atomic E-state index is 12.0. The lowest BCUT2D eigenvalue weighted by Gasteiger charge is -2.04. The van der Waals surface area contributed by atoms with Crippen LogP contribution in [-0.2, 0) is 14.1 Å². The molecule has 0 aromatic carbocycles. The summed E-state index contributed by atoms with van der Waals surface area (Å²) in [5.41, 5.74) is -0.00314. The van der Waals surface area contributed by atoms with E-state index >= 15 is 0 Å². The van der Waals surface area contributed by atoms with Gasteiger partial charge in [0.1, 0.15) is 0 Å². The number of nitrogens with one attached hydrogen (secondary N) is 2. The second kappa shape index (κ2) is 5.52. The van der Waals surface area contributed by atoms with Crippen LogP contribution in [0.25, 0.3) is 11.2 Å². The zero-order valence-corrected chi connectivity index (χ0v) is 12.4. The minimum Gasteiger partial charge on any atom is -0.356 e. The van der Waals surface area contributed by atoms with E-state index in [2.05, 4.69) is 29.1 Å². The summed E-state index contributed by atoms with van der Waals surface area (Å²) in [5, 5.41) is 3.15. The van der Waals surface area contributed by atoms with E-state index in [4.69, 9.17) is 0 Å². The van der Waals surface area contributed by atoms with E-state index in [0.717, 1.165) is 24.0 Å². The number of H-pyrrole nitrogens is 1. The molecule has 0 aliphatic carbocycles. The van der Waals surface area contributed by atoms with Gasteiger partial charge in [-0.25, -0.2) is 4.79 Å². The number of anilines is 1. The topological polar surface area (TPSA) is 84.7 Å². The predicted octanol–water partition coefficient (Wildman–Crippen LogP) is 0.808. The van der Waals surface area contributed by atoms with Crippen LogP contribution in [0.1, 0.15) is 26.7 Å². The summed E-state index contributed by atoms with van der Waals surface area (Å²) in [6.07, 6.45) is 2.17. The smallest absolute Gasteiger partial charge is 0.332 e. The normalized spacial score (nSPS) is 11.4. The molecule has 0 spiro atoms. The standard InChI is InChI=1S/C13H21N5O2/c1-8(2)6-5-7-14-12-15-9-10(16-12)17(3)13(20)18(4)11(9)19/h8H,5-7H2,1-4H3,(H2,14,15,16). The van der Waals surface area contributed by atoms with Gasteiger partial charge in [-0.1, -0.05) is 13.8 Å². The van der Waals surface area contributed by atoms with Crippen LogP contribution < -0.4 is 16.6 Å². The largest absolute Gasteiger partial charge is 0.356 e. The zero-order valence-electron chi connectivity index (χ0n) is 12.4. The van der Waals surface area contributed by atoms with Crippen molar-refractivity contribution in [3.63, 3.8) is 0 Å². The molecular formula is C13H21N5O2. The van der Waals surface area contributed by atoms with Crippen molar-refractivity contribution in [1.29, 1.82) is 0 Å². The third-order valence-electron chi connectivity index (χ3n) is 3.35. The van der Waals surface area contributed by atoms with Crippen LogP contribution >= 0.6 is 0 Å². The van der Waals surface area contributed by atoms with Crippen molar-refractivity contribution in [3.8, 4) is 0 Å². The van der Waals surface area contributed by atoms with Crippen molar-refractivity contribution in [1.82, 2.24) is 19.1 Å². The molecule has 0 amide bonds. The number of aromatic nitrogens is 4. The lowest BCUT2D eigenvalue weighted by atomic mass is 10.1. The molecule has 0 fully saturated rings. The van der Waals surface area contributed by atoms with E-state index in [1.807, 2.05) is 0 Å². The number of aryl methyl sites for hydroxylation is 1. The molecule has 0 aliphatic rings. The third kappa shape index (κ3) is 2.61. The summed E-state index contributed by atoms with van der Waals surface area (Å²) in [6, 6.07) is 0. The van der Waals surface area contributed by atoms with Gasteiger partial charge in [0, 0.05) is 20.6 Å². The Morgan fingerprint density at radius 3 is 2.60 bits per heavy atom. The molecule has 2 rings (SSSR count). The van der Waals surface area contributed by atoms with E-state index in [1.165, 1.54) is 11.6 Å². The van der Waals surface area contributed by atoms with Crippen LogP contribution in [0, 0.1) is 5.92 Å². The zero-order chi connectivity index (χ0) is 14.9. The lowest BCUT2D eigenvalue weighted by Crippen LogP contribution is -2.36. The SMILES string of the molecule is CC(C)CCCNc1nc2c([nH]1)c(=O)n(C)c(=O)n2C. The van der Waals surface area contributed by atoms with Crippen LogP contribution in [0.3, 0.4) is 0 Å². The van der Waals surface area contributed by atoms with Crippen LogP contribution in [0.5, 0.6) is 0 Å². The van der Waals surface area contributed by atoms with Crippen molar-refractivity contribution in [2.24, 2.45) is 20.0 Å². The Bertz CT molecular complexity index is 723. The molecule has 0 atom stereocenters. The fourth-order valence-corrected chi connectivity index (χ4v) is 2.13. The van der Waals surface area contributed by atoms with E-state index in [1.54, 1.807) is 7.05 Å². The first-order valence-electron chi connectivity index (χ1n) is 6.81. The molecule has 0 aliphatic heterocycles. The highest BCUT2D eigenvalue weighted by molar-refractivity contribution is 5.72. The first-order valence-corrected chi connectivity index (χ1v) is 6.81. The molecule has 0 bridgehead atoms. The van der Waals surface area contributed by atoms with E-state index in [9.17, 15) is 9.59 Å². The van der Waals surface area contributed by atoms with Crippen LogP contribution in [0.15, 0.2) is 9.59 Å². The second-order valence-corrected chi connectivity index (χ2v) is 5.45.